The number of aryl methyl sites for hydroxylation is 1. The van der Waals surface area contributed by atoms with Crippen LogP contribution in [0.3, 0.4) is 0 Å². The molecule has 134 valence electrons. The molecule has 2 heterocycles. The maximum absolute atomic E-state index is 13.4. The molecule has 0 bridgehead atoms. The number of nitrogens with zero attached hydrogens (tertiary/aromatic N) is 1. The Kier molecular flexibility index (Phi) is 5.29. The monoisotopic (exact) mass is 352 g/mol. The van der Waals surface area contributed by atoms with Crippen LogP contribution < -0.4 is 10.1 Å². The van der Waals surface area contributed by atoms with Crippen molar-refractivity contribution in [1.82, 2.24) is 10.3 Å². The Hall–Kier alpha value is -1.93. The lowest BCUT2D eigenvalue weighted by atomic mass is 9.83. The molecule has 0 aliphatic carbocycles. The normalized spacial score (nSPS) is 17.1. The Morgan fingerprint density at radius 3 is 2.58 bits per heavy atom. The van der Waals surface area contributed by atoms with Crippen molar-refractivity contribution >= 4 is 6.41 Å². The Bertz CT molecular complexity index is 602. The zero-order valence-corrected chi connectivity index (χ0v) is 12.9. The molecule has 1 aliphatic heterocycles. The van der Waals surface area contributed by atoms with Gasteiger partial charge in [0.15, 0.2) is 0 Å². The molecule has 0 aromatic carbocycles. The number of hydrogen-bond donors (Lipinski definition) is 1. The van der Waals surface area contributed by atoms with Crippen molar-refractivity contribution in [3.63, 3.8) is 0 Å². The van der Waals surface area contributed by atoms with Crippen LogP contribution in [-0.2, 0) is 16.6 Å². The van der Waals surface area contributed by atoms with Crippen LogP contribution in [0.2, 0.25) is 0 Å². The van der Waals surface area contributed by atoms with Crippen molar-refractivity contribution in [2.45, 2.75) is 30.9 Å². The molecule has 1 N–H and O–H groups in total. The Morgan fingerprint density at radius 1 is 1.42 bits per heavy atom. The highest BCUT2D eigenvalue weighted by Gasteiger charge is 2.46. The number of amides is 1. The molecule has 0 fully saturated rings. The van der Waals surface area contributed by atoms with E-state index in [9.17, 15) is 26.7 Å². The van der Waals surface area contributed by atoms with Gasteiger partial charge in [-0.05, 0) is 12.5 Å². The molecule has 24 heavy (non-hydrogen) atoms. The average Bonchev–Trinajstić information content (AvgIpc) is 2.92. The molecular weight excluding hydrogens is 335 g/mol. The van der Waals surface area contributed by atoms with E-state index >= 15 is 0 Å². The minimum atomic E-state index is -4.67. The van der Waals surface area contributed by atoms with E-state index in [1.165, 1.54) is 0 Å². The summed E-state index contributed by atoms with van der Waals surface area (Å²) in [5.41, 5.74) is -1.71. The number of pyridine rings is 1. The lowest BCUT2D eigenvalue weighted by Crippen LogP contribution is -2.34. The largest absolute Gasteiger partial charge is 0.490 e. The van der Waals surface area contributed by atoms with E-state index in [-0.39, 0.29) is 42.1 Å². The van der Waals surface area contributed by atoms with Gasteiger partial charge in [0, 0.05) is 12.1 Å². The number of carbonyl (C=O) groups is 1. The van der Waals surface area contributed by atoms with Gasteiger partial charge in [0.05, 0.1) is 16.8 Å². The molecule has 2 rings (SSSR count). The predicted molar refractivity (Wildman–Crippen MR) is 75.6 cm³/mol. The second kappa shape index (κ2) is 6.90. The predicted octanol–water partition coefficient (Wildman–Crippen LogP) is 2.61. The number of halogens is 5. The minimum absolute atomic E-state index is 0.0645. The molecule has 1 amide bonds. The topological polar surface area (TPSA) is 51.2 Å². The minimum Gasteiger partial charge on any atom is -0.490 e. The SMILES string of the molecule is CCc1nc(C(CNC=O)C(F)(F)F)cc2c1OCC2(CF)CF. The second-order valence-electron chi connectivity index (χ2n) is 5.68. The molecule has 1 aliphatic rings. The van der Waals surface area contributed by atoms with Gasteiger partial charge < -0.3 is 10.1 Å². The van der Waals surface area contributed by atoms with Crippen LogP contribution in [0.15, 0.2) is 6.07 Å². The third kappa shape index (κ3) is 3.16. The lowest BCUT2D eigenvalue weighted by Gasteiger charge is -2.24. The Balaban J connectivity index is 2.57. The number of carbonyl (C=O) groups excluding carboxylic acids is 1. The van der Waals surface area contributed by atoms with Gasteiger partial charge in [0.1, 0.15) is 31.6 Å². The van der Waals surface area contributed by atoms with Crippen LogP contribution in [-0.4, -0.2) is 44.1 Å². The van der Waals surface area contributed by atoms with Crippen molar-refractivity contribution in [3.05, 3.63) is 23.0 Å². The molecule has 1 unspecified atom stereocenters. The van der Waals surface area contributed by atoms with Gasteiger partial charge in [-0.25, -0.2) is 8.78 Å². The number of rotatable bonds is 7. The number of aromatic nitrogens is 1. The quantitative estimate of drug-likeness (QED) is 0.606. The van der Waals surface area contributed by atoms with Gasteiger partial charge in [0.2, 0.25) is 6.41 Å². The first-order chi connectivity index (χ1) is 11.3. The molecule has 1 aromatic rings. The summed E-state index contributed by atoms with van der Waals surface area (Å²) in [7, 11) is 0. The van der Waals surface area contributed by atoms with Crippen molar-refractivity contribution in [1.29, 1.82) is 0 Å². The van der Waals surface area contributed by atoms with Crippen molar-refractivity contribution < 1.29 is 31.5 Å². The highest BCUT2D eigenvalue weighted by Crippen LogP contribution is 2.44. The summed E-state index contributed by atoms with van der Waals surface area (Å²) in [5.74, 6) is -1.92. The fraction of sp³-hybridized carbons (Fsp3) is 0.600. The summed E-state index contributed by atoms with van der Waals surface area (Å²) >= 11 is 0. The molecule has 1 aromatic heterocycles. The van der Waals surface area contributed by atoms with E-state index in [1.54, 1.807) is 6.92 Å². The number of fused-ring (bicyclic) bond motifs is 1. The zero-order chi connectivity index (χ0) is 18.0. The number of ether oxygens (including phenoxy) is 1. The van der Waals surface area contributed by atoms with Crippen molar-refractivity contribution in [2.24, 2.45) is 0 Å². The first kappa shape index (κ1) is 18.4. The van der Waals surface area contributed by atoms with Gasteiger partial charge in [0.25, 0.3) is 0 Å². The highest BCUT2D eigenvalue weighted by molar-refractivity contribution is 5.49. The first-order valence-electron chi connectivity index (χ1n) is 7.35. The Morgan fingerprint density at radius 2 is 2.08 bits per heavy atom. The molecule has 0 radical (unpaired) electrons. The smallest absolute Gasteiger partial charge is 0.398 e. The molecule has 4 nitrogen and oxygen atoms in total. The average molecular weight is 352 g/mol. The van der Waals surface area contributed by atoms with Gasteiger partial charge in [-0.3, -0.25) is 9.78 Å². The van der Waals surface area contributed by atoms with Gasteiger partial charge in [-0.15, -0.1) is 0 Å². The summed E-state index contributed by atoms with van der Waals surface area (Å²) in [5, 5.41) is 1.99. The molecule has 1 atom stereocenters. The highest BCUT2D eigenvalue weighted by atomic mass is 19.4. The standard InChI is InChI=1S/C15H17F5N2O2/c1-2-11-13-9(14(5-16,6-17)7-24-13)3-12(22-11)10(4-21-8-23)15(18,19)20/h3,8,10H,2,4-7H2,1H3,(H,21,23). The van der Waals surface area contributed by atoms with Gasteiger partial charge in [-0.1, -0.05) is 6.92 Å². The molecule has 9 heteroatoms. The third-order valence-electron chi connectivity index (χ3n) is 4.13. The van der Waals surface area contributed by atoms with E-state index in [1.807, 2.05) is 5.32 Å². The summed E-state index contributed by atoms with van der Waals surface area (Å²) in [6.45, 7) is -1.51. The maximum Gasteiger partial charge on any atom is 0.398 e. The maximum atomic E-state index is 13.4. The zero-order valence-electron chi connectivity index (χ0n) is 12.9. The molecule has 0 spiro atoms. The van der Waals surface area contributed by atoms with Crippen molar-refractivity contribution in [3.8, 4) is 5.75 Å². The number of nitrogens with one attached hydrogen (secondary N) is 1. The fourth-order valence-corrected chi connectivity index (χ4v) is 2.68. The molecular formula is C15H17F5N2O2. The van der Waals surface area contributed by atoms with E-state index in [0.29, 0.717) is 0 Å². The van der Waals surface area contributed by atoms with Crippen LogP contribution in [0, 0.1) is 0 Å². The van der Waals surface area contributed by atoms with Crippen LogP contribution in [0.25, 0.3) is 0 Å². The van der Waals surface area contributed by atoms with E-state index < -0.39 is 37.4 Å². The van der Waals surface area contributed by atoms with Crippen LogP contribution in [0.5, 0.6) is 5.75 Å². The van der Waals surface area contributed by atoms with E-state index in [0.717, 1.165) is 6.07 Å². The lowest BCUT2D eigenvalue weighted by molar-refractivity contribution is -0.150. The van der Waals surface area contributed by atoms with E-state index in [4.69, 9.17) is 4.74 Å². The summed E-state index contributed by atoms with van der Waals surface area (Å²) in [6.07, 6.45) is -4.27. The third-order valence-corrected chi connectivity index (χ3v) is 4.13. The number of hydrogen-bond acceptors (Lipinski definition) is 3. The van der Waals surface area contributed by atoms with Crippen LogP contribution in [0.1, 0.15) is 29.8 Å². The van der Waals surface area contributed by atoms with Crippen LogP contribution >= 0.6 is 0 Å². The molecule has 0 saturated carbocycles. The second-order valence-corrected chi connectivity index (χ2v) is 5.68. The van der Waals surface area contributed by atoms with Crippen LogP contribution in [0.4, 0.5) is 22.0 Å². The summed E-state index contributed by atoms with van der Waals surface area (Å²) in [4.78, 5) is 14.3. The number of alkyl halides is 5. The molecule has 0 saturated heterocycles. The van der Waals surface area contributed by atoms with E-state index in [2.05, 4.69) is 4.98 Å². The van der Waals surface area contributed by atoms with Gasteiger partial charge >= 0.3 is 6.18 Å². The van der Waals surface area contributed by atoms with Gasteiger partial charge in [-0.2, -0.15) is 13.2 Å². The fourth-order valence-electron chi connectivity index (χ4n) is 2.68. The summed E-state index contributed by atoms with van der Waals surface area (Å²) < 4.78 is 72.0. The first-order valence-corrected chi connectivity index (χ1v) is 7.35. The van der Waals surface area contributed by atoms with Crippen molar-refractivity contribution in [2.75, 3.05) is 26.5 Å². The Labute approximate surface area is 135 Å². The summed E-state index contributed by atoms with van der Waals surface area (Å²) in [6, 6.07) is 1.05.